The summed E-state index contributed by atoms with van der Waals surface area (Å²) in [7, 11) is 0. The number of morpholine rings is 1. The third kappa shape index (κ3) is 5.07. The highest BCUT2D eigenvalue weighted by atomic mass is 19.4. The predicted molar refractivity (Wildman–Crippen MR) is 83.9 cm³/mol. The zero-order chi connectivity index (χ0) is 19.0. The van der Waals surface area contributed by atoms with Gasteiger partial charge in [0.15, 0.2) is 11.9 Å². The molecule has 2 N–H and O–H groups in total. The molecule has 1 unspecified atom stereocenters. The zero-order valence-electron chi connectivity index (χ0n) is 15.0. The Bertz CT molecular complexity index is 621. The van der Waals surface area contributed by atoms with Crippen molar-refractivity contribution in [2.24, 2.45) is 0 Å². The molecule has 1 saturated heterocycles. The number of amides is 2. The second-order valence-corrected chi connectivity index (χ2v) is 7.80. The van der Waals surface area contributed by atoms with Crippen LogP contribution in [-0.4, -0.2) is 57.1 Å². The van der Waals surface area contributed by atoms with Crippen molar-refractivity contribution in [3.8, 4) is 0 Å². The number of carbonyl (C=O) groups is 1. The van der Waals surface area contributed by atoms with Crippen molar-refractivity contribution in [2.45, 2.75) is 64.5 Å². The Morgan fingerprint density at radius 3 is 2.56 bits per heavy atom. The molecule has 1 fully saturated rings. The molecule has 0 aliphatic carbocycles. The van der Waals surface area contributed by atoms with Crippen LogP contribution in [0.1, 0.15) is 46.3 Å². The third-order valence-corrected chi connectivity index (χ3v) is 3.68. The lowest BCUT2D eigenvalue weighted by molar-refractivity contribution is -0.267. The van der Waals surface area contributed by atoms with Crippen molar-refractivity contribution in [3.05, 3.63) is 11.6 Å². The Labute approximate surface area is 144 Å². The van der Waals surface area contributed by atoms with Gasteiger partial charge in [0, 0.05) is 5.41 Å². The number of rotatable bonds is 2. The van der Waals surface area contributed by atoms with Crippen LogP contribution in [0.25, 0.3) is 0 Å². The Hall–Kier alpha value is -1.84. The van der Waals surface area contributed by atoms with E-state index in [1.165, 1.54) is 13.8 Å². The summed E-state index contributed by atoms with van der Waals surface area (Å²) in [4.78, 5) is 17.7. The van der Waals surface area contributed by atoms with Crippen molar-refractivity contribution >= 4 is 6.03 Å². The molecule has 0 aromatic carbocycles. The van der Waals surface area contributed by atoms with E-state index in [0.717, 1.165) is 4.90 Å². The summed E-state index contributed by atoms with van der Waals surface area (Å²) in [6, 6.07) is -0.598. The topological polar surface area (TPSA) is 83.1 Å². The molecule has 10 heteroatoms. The van der Waals surface area contributed by atoms with Crippen LogP contribution in [0.4, 0.5) is 18.0 Å². The van der Waals surface area contributed by atoms with E-state index in [1.54, 1.807) is 0 Å². The fraction of sp³-hybridized carbons (Fsp3) is 0.800. The second-order valence-electron chi connectivity index (χ2n) is 7.80. The van der Waals surface area contributed by atoms with Gasteiger partial charge in [-0.05, 0) is 13.8 Å². The molecule has 1 aliphatic heterocycles. The van der Waals surface area contributed by atoms with E-state index in [0.29, 0.717) is 11.6 Å². The van der Waals surface area contributed by atoms with Crippen LogP contribution >= 0.6 is 0 Å². The van der Waals surface area contributed by atoms with E-state index in [-0.39, 0.29) is 18.5 Å². The van der Waals surface area contributed by atoms with Gasteiger partial charge in [0.1, 0.15) is 5.82 Å². The number of urea groups is 1. The number of aromatic amines is 1. The molecule has 7 nitrogen and oxygen atoms in total. The summed E-state index contributed by atoms with van der Waals surface area (Å²) >= 11 is 0. The maximum Gasteiger partial charge on any atom is 0.416 e. The van der Waals surface area contributed by atoms with E-state index in [1.807, 2.05) is 20.8 Å². The first-order valence-electron chi connectivity index (χ1n) is 7.97. The van der Waals surface area contributed by atoms with E-state index >= 15 is 0 Å². The largest absolute Gasteiger partial charge is 0.416 e. The summed E-state index contributed by atoms with van der Waals surface area (Å²) in [6.45, 7) is 8.48. The molecule has 1 aromatic heterocycles. The van der Waals surface area contributed by atoms with Gasteiger partial charge >= 0.3 is 12.2 Å². The minimum atomic E-state index is -4.53. The summed E-state index contributed by atoms with van der Waals surface area (Å²) < 4.78 is 44.0. The number of nitrogens with one attached hydrogen (secondary N) is 2. The molecular formula is C15H24F3N5O2. The minimum absolute atomic E-state index is 0.0520. The zero-order valence-corrected chi connectivity index (χ0v) is 15.0. The number of hydrogen-bond donors (Lipinski definition) is 2. The Morgan fingerprint density at radius 1 is 1.40 bits per heavy atom. The molecule has 2 rings (SSSR count). The molecule has 0 saturated carbocycles. The molecule has 2 amide bonds. The van der Waals surface area contributed by atoms with Crippen molar-refractivity contribution in [3.63, 3.8) is 0 Å². The van der Waals surface area contributed by atoms with Crippen LogP contribution in [0, 0.1) is 0 Å². The monoisotopic (exact) mass is 363 g/mol. The molecular weight excluding hydrogens is 339 g/mol. The van der Waals surface area contributed by atoms with Gasteiger partial charge < -0.3 is 15.0 Å². The summed E-state index contributed by atoms with van der Waals surface area (Å²) in [5.74, 6) is 1.04. The average molecular weight is 363 g/mol. The van der Waals surface area contributed by atoms with Crippen LogP contribution in [0.2, 0.25) is 0 Å². The molecule has 2 heterocycles. The average Bonchev–Trinajstić information content (AvgIpc) is 2.91. The van der Waals surface area contributed by atoms with Crippen LogP contribution in [-0.2, 0) is 16.7 Å². The molecule has 0 bridgehead atoms. The van der Waals surface area contributed by atoms with Gasteiger partial charge in [0.05, 0.1) is 25.2 Å². The minimum Gasteiger partial charge on any atom is -0.359 e. The summed E-state index contributed by atoms with van der Waals surface area (Å²) in [5, 5.41) is 9.37. The lowest BCUT2D eigenvalue weighted by atomic mass is 9.96. The van der Waals surface area contributed by atoms with Gasteiger partial charge in [0.25, 0.3) is 0 Å². The lowest BCUT2D eigenvalue weighted by Gasteiger charge is -2.43. The summed E-state index contributed by atoms with van der Waals surface area (Å²) in [6.07, 6.45) is -6.53. The highest BCUT2D eigenvalue weighted by molar-refractivity contribution is 5.74. The number of H-pyrrole nitrogens is 1. The molecule has 142 valence electrons. The Kier molecular flexibility index (Phi) is 5.04. The number of aromatic nitrogens is 3. The van der Waals surface area contributed by atoms with Gasteiger partial charge in [-0.3, -0.25) is 5.10 Å². The quantitative estimate of drug-likeness (QED) is 0.845. The number of halogens is 3. The van der Waals surface area contributed by atoms with E-state index in [9.17, 15) is 18.0 Å². The van der Waals surface area contributed by atoms with Gasteiger partial charge in [0.2, 0.25) is 0 Å². The Morgan fingerprint density at radius 2 is 2.04 bits per heavy atom. The van der Waals surface area contributed by atoms with Gasteiger partial charge in [-0.25, -0.2) is 9.78 Å². The van der Waals surface area contributed by atoms with Crippen molar-refractivity contribution < 1.29 is 22.7 Å². The van der Waals surface area contributed by atoms with Crippen molar-refractivity contribution in [1.29, 1.82) is 0 Å². The first-order valence-corrected chi connectivity index (χ1v) is 7.97. The highest BCUT2D eigenvalue weighted by Crippen LogP contribution is 2.31. The van der Waals surface area contributed by atoms with Gasteiger partial charge in [-0.15, -0.1) is 0 Å². The fourth-order valence-corrected chi connectivity index (χ4v) is 2.49. The van der Waals surface area contributed by atoms with Gasteiger partial charge in [-0.1, -0.05) is 20.8 Å². The number of hydrogen-bond acceptors (Lipinski definition) is 4. The van der Waals surface area contributed by atoms with E-state index in [2.05, 4.69) is 20.5 Å². The smallest absolute Gasteiger partial charge is 0.359 e. The van der Waals surface area contributed by atoms with Crippen LogP contribution in [0.5, 0.6) is 0 Å². The SMILES string of the molecule is CC1(C)CN(C(=O)NCc2nc(C(C)(C)C)n[nH]2)CC(C(F)(F)F)O1. The number of nitrogens with zero attached hydrogens (tertiary/aromatic N) is 3. The van der Waals surface area contributed by atoms with Crippen molar-refractivity contribution in [1.82, 2.24) is 25.4 Å². The number of carbonyl (C=O) groups excluding carboxylic acids is 1. The number of alkyl halides is 3. The maximum absolute atomic E-state index is 13.0. The fourth-order valence-electron chi connectivity index (χ4n) is 2.49. The predicted octanol–water partition coefficient (Wildman–Crippen LogP) is 2.35. The van der Waals surface area contributed by atoms with Crippen LogP contribution in [0.3, 0.4) is 0 Å². The maximum atomic E-state index is 13.0. The van der Waals surface area contributed by atoms with E-state index in [4.69, 9.17) is 4.74 Å². The Balaban J connectivity index is 1.99. The standard InChI is InChI=1S/C15H24F3N5O2/c1-13(2,3)11-20-10(21-22-11)6-19-12(24)23-7-9(15(16,17)18)25-14(4,5)8-23/h9H,6-8H2,1-5H3,(H,19,24)(H,20,21,22). The molecule has 1 aromatic rings. The van der Waals surface area contributed by atoms with Crippen LogP contribution in [0.15, 0.2) is 0 Å². The first-order chi connectivity index (χ1) is 11.3. The highest BCUT2D eigenvalue weighted by Gasteiger charge is 2.49. The molecule has 25 heavy (non-hydrogen) atoms. The molecule has 0 radical (unpaired) electrons. The third-order valence-electron chi connectivity index (χ3n) is 3.68. The normalized spacial score (nSPS) is 21.3. The van der Waals surface area contributed by atoms with Crippen molar-refractivity contribution in [2.75, 3.05) is 13.1 Å². The first kappa shape index (κ1) is 19.5. The van der Waals surface area contributed by atoms with Crippen LogP contribution < -0.4 is 5.32 Å². The van der Waals surface area contributed by atoms with Gasteiger partial charge in [-0.2, -0.15) is 18.3 Å². The summed E-state index contributed by atoms with van der Waals surface area (Å²) in [5.41, 5.74) is -1.33. The lowest BCUT2D eigenvalue weighted by Crippen LogP contribution is -2.60. The second kappa shape index (κ2) is 6.47. The molecule has 1 atom stereocenters. The number of ether oxygens (including phenoxy) is 1. The molecule has 1 aliphatic rings. The molecule has 0 spiro atoms. The van der Waals surface area contributed by atoms with E-state index < -0.39 is 30.5 Å².